The Kier molecular flexibility index (Phi) is 5.42. The molecule has 0 saturated heterocycles. The van der Waals surface area contributed by atoms with Crippen LogP contribution in [0.4, 0.5) is 0 Å². The van der Waals surface area contributed by atoms with E-state index in [1.54, 1.807) is 6.20 Å². The van der Waals surface area contributed by atoms with Crippen molar-refractivity contribution in [2.75, 3.05) is 0 Å². The third-order valence-electron chi connectivity index (χ3n) is 3.24. The van der Waals surface area contributed by atoms with E-state index in [4.69, 9.17) is 11.5 Å². The molecule has 5 N–H and O–H groups in total. The molecule has 0 radical (unpaired) electrons. The average Bonchev–Trinajstić information content (AvgIpc) is 2.55. The molecule has 4 nitrogen and oxygen atoms in total. The van der Waals surface area contributed by atoms with E-state index in [1.807, 2.05) is 19.1 Å². The second kappa shape index (κ2) is 6.83. The van der Waals surface area contributed by atoms with Gasteiger partial charge in [0.2, 0.25) is 0 Å². The second-order valence-corrected chi connectivity index (χ2v) is 4.54. The summed E-state index contributed by atoms with van der Waals surface area (Å²) < 4.78 is 0. The van der Waals surface area contributed by atoms with Gasteiger partial charge in [-0.2, -0.15) is 0 Å². The lowest BCUT2D eigenvalue weighted by atomic mass is 10.1. The lowest BCUT2D eigenvalue weighted by molar-refractivity contribution is 0.537. The van der Waals surface area contributed by atoms with Crippen molar-refractivity contribution < 1.29 is 0 Å². The standard InChI is InChI=1S/C15H24N4/c1-5-11(6-2)19-14-8-10(4)15(17)18-9-12(14)13(16)7-3/h7-9,11,19H,4-6,16H2,1-3H3,(H2,17,18). The van der Waals surface area contributed by atoms with Crippen LogP contribution in [0.25, 0.3) is 0 Å². The van der Waals surface area contributed by atoms with E-state index < -0.39 is 0 Å². The maximum atomic E-state index is 6.03. The molecule has 0 atom stereocenters. The van der Waals surface area contributed by atoms with Gasteiger partial charge < -0.3 is 16.8 Å². The monoisotopic (exact) mass is 260 g/mol. The molecule has 0 aliphatic carbocycles. The molecule has 0 spiro atoms. The molecule has 0 aromatic rings. The van der Waals surface area contributed by atoms with Gasteiger partial charge in [0.15, 0.2) is 0 Å². The van der Waals surface area contributed by atoms with Crippen LogP contribution >= 0.6 is 0 Å². The molecule has 0 saturated carbocycles. The molecule has 19 heavy (non-hydrogen) atoms. The zero-order chi connectivity index (χ0) is 14.4. The first-order valence-corrected chi connectivity index (χ1v) is 6.66. The lowest BCUT2D eigenvalue weighted by Crippen LogP contribution is -2.29. The fraction of sp³-hybridized carbons (Fsp3) is 0.400. The summed E-state index contributed by atoms with van der Waals surface area (Å²) >= 11 is 0. The average molecular weight is 260 g/mol. The highest BCUT2D eigenvalue weighted by atomic mass is 14.9. The minimum absolute atomic E-state index is 0.395. The minimum atomic E-state index is 0.395. The number of rotatable bonds is 5. The van der Waals surface area contributed by atoms with E-state index in [1.165, 1.54) is 0 Å². The van der Waals surface area contributed by atoms with Crippen LogP contribution in [0, 0.1) is 0 Å². The zero-order valence-corrected chi connectivity index (χ0v) is 12.0. The minimum Gasteiger partial charge on any atom is -0.398 e. The van der Waals surface area contributed by atoms with Crippen LogP contribution in [0.15, 0.2) is 52.5 Å². The SMILES string of the molecule is C=C1C=C(NC(CC)CC)C(C(N)=CC)=CN=C1N. The van der Waals surface area contributed by atoms with Crippen molar-refractivity contribution in [3.8, 4) is 0 Å². The molecule has 0 unspecified atom stereocenters. The second-order valence-electron chi connectivity index (χ2n) is 4.54. The molecule has 1 aliphatic heterocycles. The molecular formula is C15H24N4. The predicted molar refractivity (Wildman–Crippen MR) is 82.4 cm³/mol. The first-order chi connectivity index (χ1) is 9.03. The van der Waals surface area contributed by atoms with Crippen LogP contribution in [0.5, 0.6) is 0 Å². The van der Waals surface area contributed by atoms with Gasteiger partial charge in [-0.25, -0.2) is 4.99 Å². The highest BCUT2D eigenvalue weighted by Crippen LogP contribution is 2.20. The quantitative estimate of drug-likeness (QED) is 0.710. The Labute approximate surface area is 115 Å². The third kappa shape index (κ3) is 3.74. The summed E-state index contributed by atoms with van der Waals surface area (Å²) in [5.41, 5.74) is 15.0. The van der Waals surface area contributed by atoms with Crippen LogP contribution in [-0.2, 0) is 0 Å². The highest BCUT2D eigenvalue weighted by Gasteiger charge is 2.15. The lowest BCUT2D eigenvalue weighted by Gasteiger charge is -2.21. The summed E-state index contributed by atoms with van der Waals surface area (Å²) in [6.45, 7) is 10.1. The Hall–Kier alpha value is -1.97. The van der Waals surface area contributed by atoms with Crippen molar-refractivity contribution in [3.63, 3.8) is 0 Å². The summed E-state index contributed by atoms with van der Waals surface area (Å²) in [6, 6.07) is 0.395. The Morgan fingerprint density at radius 3 is 2.63 bits per heavy atom. The van der Waals surface area contributed by atoms with E-state index in [9.17, 15) is 0 Å². The number of aliphatic imine (C=N–C) groups is 1. The van der Waals surface area contributed by atoms with E-state index in [0.717, 1.165) is 24.1 Å². The van der Waals surface area contributed by atoms with Crippen molar-refractivity contribution in [1.82, 2.24) is 5.32 Å². The number of nitrogens with two attached hydrogens (primary N) is 2. The van der Waals surface area contributed by atoms with Crippen LogP contribution in [-0.4, -0.2) is 11.9 Å². The normalized spacial score (nSPS) is 16.7. The van der Waals surface area contributed by atoms with Gasteiger partial charge in [-0.15, -0.1) is 0 Å². The number of amidine groups is 1. The summed E-state index contributed by atoms with van der Waals surface area (Å²) in [5, 5.41) is 3.49. The van der Waals surface area contributed by atoms with E-state index in [0.29, 0.717) is 23.1 Å². The predicted octanol–water partition coefficient (Wildman–Crippen LogP) is 2.32. The summed E-state index contributed by atoms with van der Waals surface area (Å²) in [6.07, 6.45) is 7.55. The molecule has 1 aliphatic rings. The van der Waals surface area contributed by atoms with Gasteiger partial charge in [0.1, 0.15) is 5.84 Å². The molecule has 0 amide bonds. The number of allylic oxidation sites excluding steroid dienone is 1. The number of nitrogens with zero attached hydrogens (tertiary/aromatic N) is 1. The number of nitrogens with one attached hydrogen (secondary N) is 1. The Morgan fingerprint density at radius 1 is 1.47 bits per heavy atom. The topological polar surface area (TPSA) is 76.4 Å². The Morgan fingerprint density at radius 2 is 2.11 bits per heavy atom. The first kappa shape index (κ1) is 15.1. The van der Waals surface area contributed by atoms with Gasteiger partial charge in [0.05, 0.1) is 0 Å². The number of hydrogen-bond donors (Lipinski definition) is 3. The number of hydrogen-bond acceptors (Lipinski definition) is 4. The molecule has 104 valence electrons. The summed E-state index contributed by atoms with van der Waals surface area (Å²) in [4.78, 5) is 4.18. The molecule has 4 heteroatoms. The van der Waals surface area contributed by atoms with Crippen molar-refractivity contribution in [2.24, 2.45) is 16.5 Å². The van der Waals surface area contributed by atoms with E-state index >= 15 is 0 Å². The molecule has 0 aromatic heterocycles. The Bertz CT molecular complexity index is 463. The van der Waals surface area contributed by atoms with Crippen molar-refractivity contribution in [1.29, 1.82) is 0 Å². The fourth-order valence-corrected chi connectivity index (χ4v) is 1.83. The van der Waals surface area contributed by atoms with Crippen LogP contribution in [0.2, 0.25) is 0 Å². The van der Waals surface area contributed by atoms with E-state index in [2.05, 4.69) is 30.7 Å². The molecule has 0 bridgehead atoms. The van der Waals surface area contributed by atoms with Gasteiger partial charge in [-0.05, 0) is 25.8 Å². The zero-order valence-electron chi connectivity index (χ0n) is 12.0. The van der Waals surface area contributed by atoms with Crippen LogP contribution in [0.3, 0.4) is 0 Å². The van der Waals surface area contributed by atoms with Crippen LogP contribution < -0.4 is 16.8 Å². The molecule has 1 rings (SSSR count). The molecule has 0 aromatic carbocycles. The highest BCUT2D eigenvalue weighted by molar-refractivity contribution is 6.00. The summed E-state index contributed by atoms with van der Waals surface area (Å²) in [5.74, 6) is 0.419. The van der Waals surface area contributed by atoms with Crippen LogP contribution in [0.1, 0.15) is 33.6 Å². The van der Waals surface area contributed by atoms with Gasteiger partial charge in [-0.3, -0.25) is 0 Å². The van der Waals surface area contributed by atoms with Crippen molar-refractivity contribution in [2.45, 2.75) is 39.7 Å². The first-order valence-electron chi connectivity index (χ1n) is 6.66. The van der Waals surface area contributed by atoms with Gasteiger partial charge in [0.25, 0.3) is 0 Å². The largest absolute Gasteiger partial charge is 0.398 e. The smallest absolute Gasteiger partial charge is 0.130 e. The van der Waals surface area contributed by atoms with Crippen molar-refractivity contribution in [3.05, 3.63) is 47.5 Å². The fourth-order valence-electron chi connectivity index (χ4n) is 1.83. The maximum Gasteiger partial charge on any atom is 0.130 e. The van der Waals surface area contributed by atoms with Crippen molar-refractivity contribution >= 4 is 5.84 Å². The molecular weight excluding hydrogens is 236 g/mol. The van der Waals surface area contributed by atoms with Gasteiger partial charge in [0, 0.05) is 34.8 Å². The maximum absolute atomic E-state index is 6.03. The summed E-state index contributed by atoms with van der Waals surface area (Å²) in [7, 11) is 0. The van der Waals surface area contributed by atoms with Gasteiger partial charge >= 0.3 is 0 Å². The third-order valence-corrected chi connectivity index (χ3v) is 3.24. The van der Waals surface area contributed by atoms with E-state index in [-0.39, 0.29) is 0 Å². The Balaban J connectivity index is 3.15. The molecule has 1 heterocycles. The molecule has 0 fully saturated rings. The van der Waals surface area contributed by atoms with Gasteiger partial charge in [-0.1, -0.05) is 26.5 Å².